The molecule has 5 nitrogen and oxygen atoms in total. The summed E-state index contributed by atoms with van der Waals surface area (Å²) in [5.41, 5.74) is 4.88. The summed E-state index contributed by atoms with van der Waals surface area (Å²) in [5, 5.41) is 9.06. The van der Waals surface area contributed by atoms with Crippen molar-refractivity contribution in [3.05, 3.63) is 64.7 Å². The standard InChI is InChI=1S/C20H23N3O2/c1-13(2)19(24)23-18-7-3-14(4-8-18)10-22-20(25)15-5-6-16-11-21-12-17(16)9-15/h3-9,13,21H,10-12H2,1-2H3,(H,22,25)(H,23,24). The molecule has 1 aliphatic rings. The summed E-state index contributed by atoms with van der Waals surface area (Å²) in [4.78, 5) is 24.0. The van der Waals surface area contributed by atoms with E-state index in [0.717, 1.165) is 24.3 Å². The van der Waals surface area contributed by atoms with Crippen molar-refractivity contribution in [2.75, 3.05) is 5.32 Å². The Hall–Kier alpha value is -2.66. The van der Waals surface area contributed by atoms with E-state index in [4.69, 9.17) is 0 Å². The highest BCUT2D eigenvalue weighted by molar-refractivity contribution is 5.94. The smallest absolute Gasteiger partial charge is 0.251 e. The van der Waals surface area contributed by atoms with E-state index in [2.05, 4.69) is 16.0 Å². The molecule has 3 rings (SSSR count). The number of fused-ring (bicyclic) bond motifs is 1. The van der Waals surface area contributed by atoms with Gasteiger partial charge in [0.15, 0.2) is 0 Å². The van der Waals surface area contributed by atoms with Crippen LogP contribution in [-0.4, -0.2) is 11.8 Å². The summed E-state index contributed by atoms with van der Waals surface area (Å²) >= 11 is 0. The highest BCUT2D eigenvalue weighted by atomic mass is 16.2. The molecule has 0 aromatic heterocycles. The van der Waals surface area contributed by atoms with Crippen molar-refractivity contribution in [2.45, 2.75) is 33.5 Å². The van der Waals surface area contributed by atoms with E-state index in [1.165, 1.54) is 11.1 Å². The van der Waals surface area contributed by atoms with Gasteiger partial charge in [0.2, 0.25) is 5.91 Å². The molecule has 0 bridgehead atoms. The molecule has 0 radical (unpaired) electrons. The van der Waals surface area contributed by atoms with Crippen molar-refractivity contribution in [1.29, 1.82) is 0 Å². The van der Waals surface area contributed by atoms with Gasteiger partial charge < -0.3 is 16.0 Å². The van der Waals surface area contributed by atoms with Gasteiger partial charge in [0, 0.05) is 36.8 Å². The van der Waals surface area contributed by atoms with Gasteiger partial charge >= 0.3 is 0 Å². The molecular formula is C20H23N3O2. The number of rotatable bonds is 5. The fraction of sp³-hybridized carbons (Fsp3) is 0.300. The molecule has 0 fully saturated rings. The van der Waals surface area contributed by atoms with Crippen LogP contribution in [0.5, 0.6) is 0 Å². The van der Waals surface area contributed by atoms with Crippen LogP contribution in [0.15, 0.2) is 42.5 Å². The van der Waals surface area contributed by atoms with E-state index in [9.17, 15) is 9.59 Å². The van der Waals surface area contributed by atoms with Gasteiger partial charge in [0.05, 0.1) is 0 Å². The molecule has 3 N–H and O–H groups in total. The summed E-state index contributed by atoms with van der Waals surface area (Å²) in [6, 6.07) is 13.3. The Labute approximate surface area is 147 Å². The van der Waals surface area contributed by atoms with Gasteiger partial charge in [-0.25, -0.2) is 0 Å². The highest BCUT2D eigenvalue weighted by Crippen LogP contribution is 2.17. The lowest BCUT2D eigenvalue weighted by Crippen LogP contribution is -2.23. The molecule has 0 aliphatic carbocycles. The number of benzene rings is 2. The molecule has 25 heavy (non-hydrogen) atoms. The molecular weight excluding hydrogens is 314 g/mol. The van der Waals surface area contributed by atoms with Crippen LogP contribution in [0, 0.1) is 5.92 Å². The SMILES string of the molecule is CC(C)C(=O)Nc1ccc(CNC(=O)c2ccc3c(c2)CNC3)cc1. The zero-order chi connectivity index (χ0) is 17.8. The zero-order valence-corrected chi connectivity index (χ0v) is 14.6. The second-order valence-corrected chi connectivity index (χ2v) is 6.61. The van der Waals surface area contributed by atoms with Gasteiger partial charge in [-0.2, -0.15) is 0 Å². The Kier molecular flexibility index (Phi) is 5.14. The first-order chi connectivity index (χ1) is 12.0. The number of carbonyl (C=O) groups excluding carboxylic acids is 2. The van der Waals surface area contributed by atoms with Gasteiger partial charge in [-0.3, -0.25) is 9.59 Å². The van der Waals surface area contributed by atoms with Crippen molar-refractivity contribution in [3.63, 3.8) is 0 Å². The maximum absolute atomic E-state index is 12.3. The van der Waals surface area contributed by atoms with Crippen molar-refractivity contribution < 1.29 is 9.59 Å². The predicted octanol–water partition coefficient (Wildman–Crippen LogP) is 2.81. The van der Waals surface area contributed by atoms with E-state index in [1.807, 2.05) is 56.3 Å². The van der Waals surface area contributed by atoms with E-state index < -0.39 is 0 Å². The first kappa shape index (κ1) is 17.2. The highest BCUT2D eigenvalue weighted by Gasteiger charge is 2.13. The van der Waals surface area contributed by atoms with Crippen LogP contribution < -0.4 is 16.0 Å². The quantitative estimate of drug-likeness (QED) is 0.786. The first-order valence-electron chi connectivity index (χ1n) is 8.53. The Bertz CT molecular complexity index is 782. The molecule has 0 saturated carbocycles. The number of carbonyl (C=O) groups is 2. The summed E-state index contributed by atoms with van der Waals surface area (Å²) < 4.78 is 0. The van der Waals surface area contributed by atoms with Crippen LogP contribution in [0.1, 0.15) is 40.9 Å². The molecule has 130 valence electrons. The number of anilines is 1. The van der Waals surface area contributed by atoms with Gasteiger partial charge in [0.25, 0.3) is 5.91 Å². The van der Waals surface area contributed by atoms with E-state index in [1.54, 1.807) is 0 Å². The topological polar surface area (TPSA) is 70.2 Å². The molecule has 0 spiro atoms. The third-order valence-corrected chi connectivity index (χ3v) is 4.30. The Morgan fingerprint density at radius 2 is 1.76 bits per heavy atom. The van der Waals surface area contributed by atoms with Crippen molar-refractivity contribution in [1.82, 2.24) is 10.6 Å². The molecule has 2 aromatic carbocycles. The van der Waals surface area contributed by atoms with Crippen LogP contribution in [0.3, 0.4) is 0 Å². The van der Waals surface area contributed by atoms with Crippen molar-refractivity contribution in [2.24, 2.45) is 5.92 Å². The van der Waals surface area contributed by atoms with Gasteiger partial charge in [0.1, 0.15) is 0 Å². The number of amides is 2. The van der Waals surface area contributed by atoms with E-state index >= 15 is 0 Å². The summed E-state index contributed by atoms with van der Waals surface area (Å²) in [5.74, 6) is -0.138. The summed E-state index contributed by atoms with van der Waals surface area (Å²) in [7, 11) is 0. The maximum Gasteiger partial charge on any atom is 0.251 e. The normalized spacial score (nSPS) is 12.8. The monoisotopic (exact) mass is 337 g/mol. The van der Waals surface area contributed by atoms with E-state index in [-0.39, 0.29) is 17.7 Å². The third-order valence-electron chi connectivity index (χ3n) is 4.30. The Balaban J connectivity index is 1.56. The minimum atomic E-state index is -0.0770. The fourth-order valence-corrected chi connectivity index (χ4v) is 2.71. The third kappa shape index (κ3) is 4.25. The zero-order valence-electron chi connectivity index (χ0n) is 14.6. The van der Waals surface area contributed by atoms with Crippen LogP contribution >= 0.6 is 0 Å². The van der Waals surface area contributed by atoms with Gasteiger partial charge in [-0.15, -0.1) is 0 Å². The van der Waals surface area contributed by atoms with Gasteiger partial charge in [-0.1, -0.05) is 32.0 Å². The molecule has 5 heteroatoms. The molecule has 0 atom stereocenters. The first-order valence-corrected chi connectivity index (χ1v) is 8.53. The molecule has 2 amide bonds. The Morgan fingerprint density at radius 1 is 1.04 bits per heavy atom. The van der Waals surface area contributed by atoms with Crippen LogP contribution in [0.2, 0.25) is 0 Å². The maximum atomic E-state index is 12.3. The summed E-state index contributed by atoms with van der Waals surface area (Å²) in [6.45, 7) is 5.85. The minimum absolute atomic E-state index is 0.00727. The van der Waals surface area contributed by atoms with Crippen LogP contribution in [0.4, 0.5) is 5.69 Å². The molecule has 0 unspecified atom stereocenters. The number of nitrogens with one attached hydrogen (secondary N) is 3. The second kappa shape index (κ2) is 7.49. The summed E-state index contributed by atoms with van der Waals surface area (Å²) in [6.07, 6.45) is 0. The number of hydrogen-bond acceptors (Lipinski definition) is 3. The largest absolute Gasteiger partial charge is 0.348 e. The predicted molar refractivity (Wildman–Crippen MR) is 98.1 cm³/mol. The lowest BCUT2D eigenvalue weighted by atomic mass is 10.1. The molecule has 1 heterocycles. The number of hydrogen-bond donors (Lipinski definition) is 3. The average Bonchev–Trinajstić information content (AvgIpc) is 3.08. The van der Waals surface area contributed by atoms with Gasteiger partial charge in [-0.05, 0) is 41.0 Å². The Morgan fingerprint density at radius 3 is 2.48 bits per heavy atom. The van der Waals surface area contributed by atoms with Crippen LogP contribution in [-0.2, 0) is 24.4 Å². The van der Waals surface area contributed by atoms with Crippen molar-refractivity contribution >= 4 is 17.5 Å². The lowest BCUT2D eigenvalue weighted by molar-refractivity contribution is -0.118. The van der Waals surface area contributed by atoms with Crippen molar-refractivity contribution in [3.8, 4) is 0 Å². The molecule has 0 saturated heterocycles. The molecule has 1 aliphatic heterocycles. The van der Waals surface area contributed by atoms with Crippen LogP contribution in [0.25, 0.3) is 0 Å². The fourth-order valence-electron chi connectivity index (χ4n) is 2.71. The second-order valence-electron chi connectivity index (χ2n) is 6.61. The average molecular weight is 337 g/mol. The van der Waals surface area contributed by atoms with E-state index in [0.29, 0.717) is 12.1 Å². The lowest BCUT2D eigenvalue weighted by Gasteiger charge is -2.10. The molecule has 2 aromatic rings. The minimum Gasteiger partial charge on any atom is -0.348 e.